The molecule has 5 heteroatoms. The Hall–Kier alpha value is -2.34. The van der Waals surface area contributed by atoms with Gasteiger partial charge in [0, 0.05) is 28.6 Å². The van der Waals surface area contributed by atoms with Crippen LogP contribution in [0.2, 0.25) is 0 Å². The van der Waals surface area contributed by atoms with Crippen LogP contribution in [0.3, 0.4) is 0 Å². The minimum atomic E-state index is -0.596. The second-order valence-electron chi connectivity index (χ2n) is 7.81. The molecule has 0 saturated carbocycles. The van der Waals surface area contributed by atoms with Crippen LogP contribution in [0, 0.1) is 0 Å². The molecule has 0 saturated heterocycles. The van der Waals surface area contributed by atoms with Crippen molar-refractivity contribution in [2.45, 2.75) is 39.0 Å². The highest BCUT2D eigenvalue weighted by Gasteiger charge is 2.15. The summed E-state index contributed by atoms with van der Waals surface area (Å²) >= 11 is 0. The quantitative estimate of drug-likeness (QED) is 0.515. The number of aromatic amines is 1. The molecule has 4 N–H and O–H groups in total. The van der Waals surface area contributed by atoms with Gasteiger partial charge >= 0.3 is 0 Å². The van der Waals surface area contributed by atoms with Crippen LogP contribution in [0.5, 0.6) is 5.75 Å². The highest BCUT2D eigenvalue weighted by molar-refractivity contribution is 5.89. The molecule has 2 aromatic carbocycles. The first-order chi connectivity index (χ1) is 12.9. The summed E-state index contributed by atoms with van der Waals surface area (Å²) < 4.78 is 5.91. The maximum absolute atomic E-state index is 10.2. The molecule has 1 heterocycles. The van der Waals surface area contributed by atoms with E-state index in [2.05, 4.69) is 31.1 Å². The van der Waals surface area contributed by atoms with Crippen molar-refractivity contribution >= 4 is 10.9 Å². The number of hydrogen-bond acceptors (Lipinski definition) is 4. The Balaban J connectivity index is 1.78. The van der Waals surface area contributed by atoms with Crippen molar-refractivity contribution in [3.05, 3.63) is 54.1 Å². The molecule has 0 aliphatic carbocycles. The Morgan fingerprint density at radius 2 is 1.89 bits per heavy atom. The van der Waals surface area contributed by atoms with Crippen LogP contribution >= 0.6 is 0 Å². The molecule has 0 amide bonds. The van der Waals surface area contributed by atoms with E-state index in [1.54, 1.807) is 0 Å². The van der Waals surface area contributed by atoms with Gasteiger partial charge in [-0.25, -0.2) is 0 Å². The topological polar surface area (TPSA) is 77.5 Å². The molecule has 5 nitrogen and oxygen atoms in total. The number of aromatic nitrogens is 1. The lowest BCUT2D eigenvalue weighted by Crippen LogP contribution is -2.42. The zero-order chi connectivity index (χ0) is 19.4. The van der Waals surface area contributed by atoms with Gasteiger partial charge in [-0.2, -0.15) is 0 Å². The Labute approximate surface area is 160 Å². The second-order valence-corrected chi connectivity index (χ2v) is 7.81. The summed E-state index contributed by atoms with van der Waals surface area (Å²) in [6.45, 7) is 6.87. The van der Waals surface area contributed by atoms with Gasteiger partial charge in [0.15, 0.2) is 0 Å². The van der Waals surface area contributed by atoms with E-state index in [0.29, 0.717) is 12.3 Å². The van der Waals surface area contributed by atoms with Crippen LogP contribution in [0.1, 0.15) is 26.3 Å². The molecule has 0 spiro atoms. The highest BCUT2D eigenvalue weighted by atomic mass is 16.5. The molecule has 1 unspecified atom stereocenters. The SMILES string of the molecule is CC(C)(C)NCC(O)COc1ccccc1-c1cc2c(CO)cccc2[nH]1. The molecule has 1 aromatic heterocycles. The average molecular weight is 368 g/mol. The maximum Gasteiger partial charge on any atom is 0.128 e. The Kier molecular flexibility index (Phi) is 5.85. The van der Waals surface area contributed by atoms with E-state index in [-0.39, 0.29) is 18.8 Å². The van der Waals surface area contributed by atoms with Crippen LogP contribution in [-0.4, -0.2) is 40.0 Å². The molecule has 3 aromatic rings. The van der Waals surface area contributed by atoms with Gasteiger partial charge in [0.05, 0.1) is 12.3 Å². The molecule has 0 radical (unpaired) electrons. The number of fused-ring (bicyclic) bond motifs is 1. The Bertz CT molecular complexity index is 896. The predicted octanol–water partition coefficient (Wildman–Crippen LogP) is 3.46. The van der Waals surface area contributed by atoms with Crippen molar-refractivity contribution in [3.63, 3.8) is 0 Å². The molecule has 144 valence electrons. The number of benzene rings is 2. The van der Waals surface area contributed by atoms with Crippen LogP contribution in [0.25, 0.3) is 22.2 Å². The summed E-state index contributed by atoms with van der Waals surface area (Å²) in [4.78, 5) is 3.39. The fourth-order valence-electron chi connectivity index (χ4n) is 2.98. The number of ether oxygens (including phenoxy) is 1. The zero-order valence-corrected chi connectivity index (χ0v) is 16.1. The monoisotopic (exact) mass is 368 g/mol. The first-order valence-electron chi connectivity index (χ1n) is 9.24. The molecule has 0 fully saturated rings. The van der Waals surface area contributed by atoms with Gasteiger partial charge in [0.1, 0.15) is 18.5 Å². The van der Waals surface area contributed by atoms with E-state index in [9.17, 15) is 10.2 Å². The number of nitrogens with one attached hydrogen (secondary N) is 2. The summed E-state index contributed by atoms with van der Waals surface area (Å²) in [5, 5.41) is 24.0. The molecule has 0 aliphatic rings. The van der Waals surface area contributed by atoms with Crippen molar-refractivity contribution in [2.24, 2.45) is 0 Å². The summed E-state index contributed by atoms with van der Waals surface area (Å²) in [6, 6.07) is 15.6. The third-order valence-corrected chi connectivity index (χ3v) is 4.40. The molecule has 1 atom stereocenters. The van der Waals surface area contributed by atoms with Gasteiger partial charge in [0.2, 0.25) is 0 Å². The van der Waals surface area contributed by atoms with Gasteiger partial charge in [-0.3, -0.25) is 0 Å². The highest BCUT2D eigenvalue weighted by Crippen LogP contribution is 2.32. The lowest BCUT2D eigenvalue weighted by molar-refractivity contribution is 0.100. The van der Waals surface area contributed by atoms with E-state index in [1.165, 1.54) is 0 Å². The van der Waals surface area contributed by atoms with E-state index >= 15 is 0 Å². The zero-order valence-electron chi connectivity index (χ0n) is 16.1. The summed E-state index contributed by atoms with van der Waals surface area (Å²) in [5.74, 6) is 0.712. The molecule has 3 rings (SSSR count). The number of β-amino-alcohol motifs (C(OH)–C–C–N with tert-alkyl or cyclic N) is 1. The fraction of sp³-hybridized carbons (Fsp3) is 0.364. The first-order valence-corrected chi connectivity index (χ1v) is 9.24. The van der Waals surface area contributed by atoms with Crippen LogP contribution < -0.4 is 10.1 Å². The normalized spacial score (nSPS) is 13.1. The maximum atomic E-state index is 10.2. The largest absolute Gasteiger partial charge is 0.490 e. The van der Waals surface area contributed by atoms with Crippen molar-refractivity contribution < 1.29 is 14.9 Å². The van der Waals surface area contributed by atoms with Crippen molar-refractivity contribution in [1.82, 2.24) is 10.3 Å². The van der Waals surface area contributed by atoms with Crippen molar-refractivity contribution in [3.8, 4) is 17.0 Å². The number of aliphatic hydroxyl groups excluding tert-OH is 2. The lowest BCUT2D eigenvalue weighted by atomic mass is 10.1. The van der Waals surface area contributed by atoms with Gasteiger partial charge in [-0.1, -0.05) is 24.3 Å². The smallest absolute Gasteiger partial charge is 0.128 e. The standard InChI is InChI=1S/C22H28N2O3/c1-22(2,3)23-12-16(26)14-27-21-10-5-4-8-17(21)20-11-18-15(13-25)7-6-9-19(18)24-20/h4-11,16,23-26H,12-14H2,1-3H3. The molecular formula is C22H28N2O3. The molecular weight excluding hydrogens is 340 g/mol. The Morgan fingerprint density at radius 1 is 1.11 bits per heavy atom. The number of hydrogen-bond donors (Lipinski definition) is 4. The molecule has 0 bridgehead atoms. The summed E-state index contributed by atoms with van der Waals surface area (Å²) in [6.07, 6.45) is -0.596. The summed E-state index contributed by atoms with van der Waals surface area (Å²) in [7, 11) is 0. The van der Waals surface area contributed by atoms with Crippen LogP contribution in [0.4, 0.5) is 0 Å². The first kappa shape index (κ1) is 19.4. The minimum absolute atomic E-state index is 0.000249. The van der Waals surface area contributed by atoms with E-state index < -0.39 is 6.10 Å². The van der Waals surface area contributed by atoms with Gasteiger partial charge in [0.25, 0.3) is 0 Å². The number of aliphatic hydroxyl groups is 2. The van der Waals surface area contributed by atoms with E-state index in [0.717, 1.165) is 27.7 Å². The predicted molar refractivity (Wildman–Crippen MR) is 109 cm³/mol. The van der Waals surface area contributed by atoms with Crippen molar-refractivity contribution in [2.75, 3.05) is 13.2 Å². The lowest BCUT2D eigenvalue weighted by Gasteiger charge is -2.23. The summed E-state index contributed by atoms with van der Waals surface area (Å²) in [5.41, 5.74) is 3.66. The number of H-pyrrole nitrogens is 1. The average Bonchev–Trinajstić information content (AvgIpc) is 3.08. The molecule has 27 heavy (non-hydrogen) atoms. The van der Waals surface area contributed by atoms with Gasteiger partial charge < -0.3 is 25.3 Å². The fourth-order valence-corrected chi connectivity index (χ4v) is 2.98. The second kappa shape index (κ2) is 8.13. The molecule has 0 aliphatic heterocycles. The van der Waals surface area contributed by atoms with Crippen molar-refractivity contribution in [1.29, 1.82) is 0 Å². The minimum Gasteiger partial charge on any atom is -0.490 e. The van der Waals surface area contributed by atoms with E-state index in [4.69, 9.17) is 4.74 Å². The van der Waals surface area contributed by atoms with Crippen LogP contribution in [0.15, 0.2) is 48.5 Å². The number of para-hydroxylation sites is 1. The third-order valence-electron chi connectivity index (χ3n) is 4.40. The van der Waals surface area contributed by atoms with Gasteiger partial charge in [-0.05, 0) is 50.6 Å². The Morgan fingerprint density at radius 3 is 2.63 bits per heavy atom. The van der Waals surface area contributed by atoms with Crippen LogP contribution in [-0.2, 0) is 6.61 Å². The van der Waals surface area contributed by atoms with E-state index in [1.807, 2.05) is 48.5 Å². The number of rotatable bonds is 7. The van der Waals surface area contributed by atoms with Gasteiger partial charge in [-0.15, -0.1) is 0 Å². The third kappa shape index (κ3) is 4.89.